The van der Waals surface area contributed by atoms with Gasteiger partial charge in [-0.2, -0.15) is 0 Å². The first kappa shape index (κ1) is 9.04. The van der Waals surface area contributed by atoms with Gasteiger partial charge in [-0.3, -0.25) is 0 Å². The highest BCUT2D eigenvalue weighted by Gasteiger charge is 2.03. The molecule has 0 aliphatic rings. The summed E-state index contributed by atoms with van der Waals surface area (Å²) in [4.78, 5) is 0. The molecule has 0 aliphatic heterocycles. The number of hydrogen-bond acceptors (Lipinski definition) is 0. The monoisotopic (exact) mass is 208 g/mol. The minimum Gasteiger partial charge on any atom is -0.322 e. The smallest absolute Gasteiger partial charge is 0.0691 e. The molecule has 0 spiro atoms. The van der Waals surface area contributed by atoms with Crippen LogP contribution < -0.4 is 0 Å². The van der Waals surface area contributed by atoms with Crippen molar-refractivity contribution < 1.29 is 0 Å². The molecule has 0 amide bonds. The van der Waals surface area contributed by atoms with Gasteiger partial charge < -0.3 is 9.13 Å². The summed E-state index contributed by atoms with van der Waals surface area (Å²) in [6, 6.07) is 16.5. The molecule has 3 aromatic rings. The molecular formula is C14H12N2. The van der Waals surface area contributed by atoms with Gasteiger partial charge in [-0.1, -0.05) is 12.1 Å². The largest absolute Gasteiger partial charge is 0.322 e. The molecule has 2 heteroatoms. The zero-order valence-electron chi connectivity index (χ0n) is 8.82. The lowest BCUT2D eigenvalue weighted by atomic mass is 10.2. The summed E-state index contributed by atoms with van der Waals surface area (Å²) in [7, 11) is 0. The predicted octanol–water partition coefficient (Wildman–Crippen LogP) is 3.27. The van der Waals surface area contributed by atoms with Crippen molar-refractivity contribution in [2.24, 2.45) is 0 Å². The van der Waals surface area contributed by atoms with E-state index in [2.05, 4.69) is 58.2 Å². The molecule has 2 aromatic heterocycles. The molecule has 0 saturated carbocycles. The molecule has 0 atom stereocenters. The summed E-state index contributed by atoms with van der Waals surface area (Å²) in [6.45, 7) is 0. The Morgan fingerprint density at radius 1 is 0.500 bits per heavy atom. The maximum absolute atomic E-state index is 2.12. The van der Waals surface area contributed by atoms with Crippen LogP contribution in [0.2, 0.25) is 0 Å². The van der Waals surface area contributed by atoms with Crippen LogP contribution in [-0.2, 0) is 0 Å². The van der Waals surface area contributed by atoms with Gasteiger partial charge in [0.05, 0.1) is 11.4 Å². The number of aromatic nitrogens is 2. The van der Waals surface area contributed by atoms with E-state index in [0.29, 0.717) is 0 Å². The van der Waals surface area contributed by atoms with Crippen LogP contribution in [0.4, 0.5) is 0 Å². The van der Waals surface area contributed by atoms with E-state index in [1.54, 1.807) is 0 Å². The van der Waals surface area contributed by atoms with Crippen LogP contribution in [0.25, 0.3) is 11.4 Å². The second kappa shape index (κ2) is 3.74. The lowest BCUT2D eigenvalue weighted by molar-refractivity contribution is 1.00. The first-order valence-electron chi connectivity index (χ1n) is 5.31. The van der Waals surface area contributed by atoms with E-state index in [0.717, 1.165) is 0 Å². The van der Waals surface area contributed by atoms with Gasteiger partial charge in [0.1, 0.15) is 0 Å². The first-order valence-corrected chi connectivity index (χ1v) is 5.31. The van der Waals surface area contributed by atoms with E-state index < -0.39 is 0 Å². The van der Waals surface area contributed by atoms with Crippen LogP contribution in [0, 0.1) is 0 Å². The van der Waals surface area contributed by atoms with Gasteiger partial charge in [-0.05, 0) is 36.4 Å². The van der Waals surface area contributed by atoms with Gasteiger partial charge in [0.25, 0.3) is 0 Å². The fourth-order valence-electron chi connectivity index (χ4n) is 1.89. The fraction of sp³-hybridized carbons (Fsp3) is 0. The van der Waals surface area contributed by atoms with Crippen molar-refractivity contribution in [3.05, 3.63) is 73.3 Å². The van der Waals surface area contributed by atoms with Crippen molar-refractivity contribution in [2.75, 3.05) is 0 Å². The Morgan fingerprint density at radius 2 is 0.875 bits per heavy atom. The van der Waals surface area contributed by atoms with Gasteiger partial charge in [-0.25, -0.2) is 0 Å². The Bertz CT molecular complexity index is 509. The minimum atomic E-state index is 1.18. The van der Waals surface area contributed by atoms with Gasteiger partial charge in [0, 0.05) is 24.8 Å². The molecule has 0 N–H and O–H groups in total. The summed E-state index contributed by atoms with van der Waals surface area (Å²) in [5, 5.41) is 0. The van der Waals surface area contributed by atoms with Crippen molar-refractivity contribution in [1.82, 2.24) is 9.13 Å². The quantitative estimate of drug-likeness (QED) is 0.611. The highest BCUT2D eigenvalue weighted by molar-refractivity contribution is 5.52. The van der Waals surface area contributed by atoms with E-state index in [-0.39, 0.29) is 0 Å². The van der Waals surface area contributed by atoms with E-state index in [1.807, 2.05) is 24.3 Å². The summed E-state index contributed by atoms with van der Waals surface area (Å²) in [6.07, 6.45) is 8.23. The van der Waals surface area contributed by atoms with Crippen LogP contribution in [0.1, 0.15) is 0 Å². The highest BCUT2D eigenvalue weighted by atomic mass is 15.0. The van der Waals surface area contributed by atoms with Crippen LogP contribution in [0.5, 0.6) is 0 Å². The lowest BCUT2D eigenvalue weighted by Gasteiger charge is -2.11. The second-order valence-electron chi connectivity index (χ2n) is 3.67. The molecule has 0 fully saturated rings. The van der Waals surface area contributed by atoms with E-state index in [4.69, 9.17) is 0 Å². The predicted molar refractivity (Wildman–Crippen MR) is 65.1 cm³/mol. The molecule has 0 aliphatic carbocycles. The van der Waals surface area contributed by atoms with Crippen LogP contribution in [0.3, 0.4) is 0 Å². The summed E-state index contributed by atoms with van der Waals surface area (Å²) < 4.78 is 4.24. The third-order valence-corrected chi connectivity index (χ3v) is 2.65. The topological polar surface area (TPSA) is 9.86 Å². The Morgan fingerprint density at radius 3 is 1.25 bits per heavy atom. The van der Waals surface area contributed by atoms with Crippen molar-refractivity contribution >= 4 is 0 Å². The van der Waals surface area contributed by atoms with Crippen molar-refractivity contribution in [3.63, 3.8) is 0 Å². The Kier molecular flexibility index (Phi) is 2.11. The molecular weight excluding hydrogens is 196 g/mol. The number of benzene rings is 1. The van der Waals surface area contributed by atoms with Crippen LogP contribution in [0.15, 0.2) is 73.3 Å². The first-order chi connectivity index (χ1) is 7.95. The van der Waals surface area contributed by atoms with Gasteiger partial charge in [-0.15, -0.1) is 0 Å². The van der Waals surface area contributed by atoms with Crippen molar-refractivity contribution in [1.29, 1.82) is 0 Å². The standard InChI is InChI=1S/C14H12N2/c1-2-8-14(16-11-5-6-12-16)13(7-1)15-9-3-4-10-15/h1-12H. The fourth-order valence-corrected chi connectivity index (χ4v) is 1.89. The molecule has 1 aromatic carbocycles. The molecule has 3 rings (SSSR count). The third-order valence-electron chi connectivity index (χ3n) is 2.65. The molecule has 2 heterocycles. The van der Waals surface area contributed by atoms with Crippen LogP contribution >= 0.6 is 0 Å². The van der Waals surface area contributed by atoms with Crippen molar-refractivity contribution in [3.8, 4) is 11.4 Å². The lowest BCUT2D eigenvalue weighted by Crippen LogP contribution is -1.98. The molecule has 0 saturated heterocycles. The summed E-state index contributed by atoms with van der Waals surface area (Å²) >= 11 is 0. The number of nitrogens with zero attached hydrogens (tertiary/aromatic N) is 2. The molecule has 16 heavy (non-hydrogen) atoms. The molecule has 78 valence electrons. The third kappa shape index (κ3) is 1.44. The Hall–Kier alpha value is -2.22. The van der Waals surface area contributed by atoms with E-state index in [9.17, 15) is 0 Å². The average molecular weight is 208 g/mol. The maximum Gasteiger partial charge on any atom is 0.0691 e. The van der Waals surface area contributed by atoms with Gasteiger partial charge >= 0.3 is 0 Å². The zero-order valence-corrected chi connectivity index (χ0v) is 8.82. The summed E-state index contributed by atoms with van der Waals surface area (Å²) in [5.41, 5.74) is 2.37. The maximum atomic E-state index is 2.12. The highest BCUT2D eigenvalue weighted by Crippen LogP contribution is 2.18. The SMILES string of the molecule is c1ccc(-n2cccc2)c(-n2cccc2)c1. The molecule has 0 bridgehead atoms. The molecule has 0 unspecified atom stereocenters. The van der Waals surface area contributed by atoms with E-state index >= 15 is 0 Å². The average Bonchev–Trinajstić information content (AvgIpc) is 3.03. The Labute approximate surface area is 94.4 Å². The number of rotatable bonds is 2. The number of para-hydroxylation sites is 2. The van der Waals surface area contributed by atoms with Gasteiger partial charge in [0.2, 0.25) is 0 Å². The van der Waals surface area contributed by atoms with E-state index in [1.165, 1.54) is 11.4 Å². The molecule has 2 nitrogen and oxygen atoms in total. The van der Waals surface area contributed by atoms with Crippen LogP contribution in [-0.4, -0.2) is 9.13 Å². The summed E-state index contributed by atoms with van der Waals surface area (Å²) in [5.74, 6) is 0. The molecule has 0 radical (unpaired) electrons. The van der Waals surface area contributed by atoms with Crippen molar-refractivity contribution in [2.45, 2.75) is 0 Å². The zero-order chi connectivity index (χ0) is 10.8. The minimum absolute atomic E-state index is 1.18. The van der Waals surface area contributed by atoms with Gasteiger partial charge in [0.15, 0.2) is 0 Å². The normalized spacial score (nSPS) is 10.5. The second-order valence-corrected chi connectivity index (χ2v) is 3.67. The number of hydrogen-bond donors (Lipinski definition) is 0. The Balaban J connectivity index is 2.19.